The predicted molar refractivity (Wildman–Crippen MR) is 78.5 cm³/mol. The molecule has 0 amide bonds. The lowest BCUT2D eigenvalue weighted by Crippen LogP contribution is -2.13. The molecule has 98 valence electrons. The number of nitrogens with one attached hydrogen (secondary N) is 1. The third-order valence-electron chi connectivity index (χ3n) is 2.82. The van der Waals surface area contributed by atoms with Gasteiger partial charge in [0.1, 0.15) is 0 Å². The molecule has 0 spiro atoms. The Morgan fingerprint density at radius 3 is 2.26 bits per heavy atom. The minimum atomic E-state index is -3.55. The van der Waals surface area contributed by atoms with E-state index in [0.717, 1.165) is 11.1 Å². The Kier molecular flexibility index (Phi) is 3.71. The van der Waals surface area contributed by atoms with E-state index in [0.29, 0.717) is 5.69 Å². The van der Waals surface area contributed by atoms with Crippen molar-refractivity contribution < 1.29 is 8.42 Å². The Balaban J connectivity index is 2.32. The fourth-order valence-electron chi connectivity index (χ4n) is 1.67. The molecular weight excluding hydrogens is 258 g/mol. The molecule has 19 heavy (non-hydrogen) atoms. The van der Waals surface area contributed by atoms with Crippen molar-refractivity contribution in [1.82, 2.24) is 0 Å². The Morgan fingerprint density at radius 1 is 1.05 bits per heavy atom. The monoisotopic (exact) mass is 273 g/mol. The average molecular weight is 273 g/mol. The van der Waals surface area contributed by atoms with Crippen LogP contribution in [0.1, 0.15) is 11.1 Å². The van der Waals surface area contributed by atoms with E-state index >= 15 is 0 Å². The summed E-state index contributed by atoms with van der Waals surface area (Å²) in [5.41, 5.74) is 2.36. The van der Waals surface area contributed by atoms with Gasteiger partial charge in [0, 0.05) is 0 Å². The minimum Gasteiger partial charge on any atom is -0.279 e. The summed E-state index contributed by atoms with van der Waals surface area (Å²) in [6.07, 6.45) is 1.67. The van der Waals surface area contributed by atoms with Crippen molar-refractivity contribution in [3.8, 4) is 0 Å². The van der Waals surface area contributed by atoms with Crippen LogP contribution in [0.5, 0.6) is 0 Å². The van der Waals surface area contributed by atoms with Gasteiger partial charge in [-0.3, -0.25) is 4.72 Å². The van der Waals surface area contributed by atoms with Crippen LogP contribution in [0.2, 0.25) is 0 Å². The van der Waals surface area contributed by atoms with Crippen molar-refractivity contribution >= 4 is 21.8 Å². The number of aryl methyl sites for hydroxylation is 1. The van der Waals surface area contributed by atoms with Crippen LogP contribution in [-0.4, -0.2) is 8.42 Å². The van der Waals surface area contributed by atoms with Crippen molar-refractivity contribution in [3.05, 3.63) is 66.2 Å². The maximum Gasteiger partial charge on any atom is 0.261 e. The molecule has 4 heteroatoms. The van der Waals surface area contributed by atoms with Crippen molar-refractivity contribution in [2.45, 2.75) is 11.8 Å². The van der Waals surface area contributed by atoms with Gasteiger partial charge in [0.15, 0.2) is 0 Å². The third kappa shape index (κ3) is 3.03. The minimum absolute atomic E-state index is 0.237. The van der Waals surface area contributed by atoms with E-state index in [1.807, 2.05) is 19.1 Å². The molecule has 0 unspecified atom stereocenters. The number of benzene rings is 2. The SMILES string of the molecule is C=Cc1ccc(S(=O)(=O)Nc2ccccc2C)cc1. The molecule has 0 saturated heterocycles. The molecule has 0 saturated carbocycles. The Morgan fingerprint density at radius 2 is 1.68 bits per heavy atom. The first-order valence-electron chi connectivity index (χ1n) is 5.84. The van der Waals surface area contributed by atoms with E-state index in [4.69, 9.17) is 0 Å². The topological polar surface area (TPSA) is 46.2 Å². The number of hydrogen-bond donors (Lipinski definition) is 1. The summed E-state index contributed by atoms with van der Waals surface area (Å²) in [5, 5.41) is 0. The first kappa shape index (κ1) is 13.4. The van der Waals surface area contributed by atoms with E-state index in [9.17, 15) is 8.42 Å². The largest absolute Gasteiger partial charge is 0.279 e. The Bertz CT molecular complexity index is 688. The zero-order valence-corrected chi connectivity index (χ0v) is 11.4. The number of hydrogen-bond acceptors (Lipinski definition) is 2. The van der Waals surface area contributed by atoms with Crippen LogP contribution >= 0.6 is 0 Å². The first-order chi connectivity index (χ1) is 9.03. The molecule has 0 aromatic heterocycles. The van der Waals surface area contributed by atoms with E-state index in [1.165, 1.54) is 0 Å². The lowest BCUT2D eigenvalue weighted by molar-refractivity contribution is 0.601. The van der Waals surface area contributed by atoms with Gasteiger partial charge in [-0.05, 0) is 36.2 Å². The van der Waals surface area contributed by atoms with E-state index < -0.39 is 10.0 Å². The highest BCUT2D eigenvalue weighted by Crippen LogP contribution is 2.19. The highest BCUT2D eigenvalue weighted by atomic mass is 32.2. The quantitative estimate of drug-likeness (QED) is 0.927. The van der Waals surface area contributed by atoms with Crippen LogP contribution in [0, 0.1) is 6.92 Å². The highest BCUT2D eigenvalue weighted by Gasteiger charge is 2.14. The number of rotatable bonds is 4. The molecule has 0 bridgehead atoms. The second-order valence-electron chi connectivity index (χ2n) is 4.19. The summed E-state index contributed by atoms with van der Waals surface area (Å²) in [5.74, 6) is 0. The maximum atomic E-state index is 12.2. The van der Waals surface area contributed by atoms with E-state index in [1.54, 1.807) is 42.5 Å². The standard InChI is InChI=1S/C15H15NO2S/c1-3-13-8-10-14(11-9-13)19(17,18)16-15-7-5-4-6-12(15)2/h3-11,16H,1H2,2H3. The lowest BCUT2D eigenvalue weighted by Gasteiger charge is -2.10. The smallest absolute Gasteiger partial charge is 0.261 e. The van der Waals surface area contributed by atoms with Gasteiger partial charge in [-0.1, -0.05) is 43.0 Å². The number of anilines is 1. The second kappa shape index (κ2) is 5.28. The van der Waals surface area contributed by atoms with Gasteiger partial charge < -0.3 is 0 Å². The molecular formula is C15H15NO2S. The molecule has 0 aliphatic carbocycles. The molecule has 2 aromatic rings. The van der Waals surface area contributed by atoms with Crippen molar-refractivity contribution in [2.75, 3.05) is 4.72 Å². The number of para-hydroxylation sites is 1. The molecule has 2 aromatic carbocycles. The Labute approximate surface area is 113 Å². The fraction of sp³-hybridized carbons (Fsp3) is 0.0667. The first-order valence-corrected chi connectivity index (χ1v) is 7.32. The van der Waals surface area contributed by atoms with Crippen molar-refractivity contribution in [3.63, 3.8) is 0 Å². The highest BCUT2D eigenvalue weighted by molar-refractivity contribution is 7.92. The third-order valence-corrected chi connectivity index (χ3v) is 4.20. The van der Waals surface area contributed by atoms with Gasteiger partial charge in [-0.2, -0.15) is 0 Å². The molecule has 0 atom stereocenters. The van der Waals surface area contributed by atoms with Gasteiger partial charge in [0.2, 0.25) is 0 Å². The molecule has 1 N–H and O–H groups in total. The van der Waals surface area contributed by atoms with Gasteiger partial charge in [-0.25, -0.2) is 8.42 Å². The Hall–Kier alpha value is -2.07. The summed E-state index contributed by atoms with van der Waals surface area (Å²) in [6, 6.07) is 13.8. The van der Waals surface area contributed by atoms with Crippen molar-refractivity contribution in [2.24, 2.45) is 0 Å². The average Bonchev–Trinajstić information content (AvgIpc) is 2.41. The summed E-state index contributed by atoms with van der Waals surface area (Å²) < 4.78 is 27.0. The molecule has 0 aliphatic heterocycles. The summed E-state index contributed by atoms with van der Waals surface area (Å²) in [4.78, 5) is 0.237. The zero-order valence-electron chi connectivity index (χ0n) is 10.6. The van der Waals surface area contributed by atoms with Gasteiger partial charge in [0.25, 0.3) is 10.0 Å². The summed E-state index contributed by atoms with van der Waals surface area (Å²) in [7, 11) is -3.55. The second-order valence-corrected chi connectivity index (χ2v) is 5.88. The van der Waals surface area contributed by atoms with Gasteiger partial charge in [-0.15, -0.1) is 0 Å². The summed E-state index contributed by atoms with van der Waals surface area (Å²) in [6.45, 7) is 5.50. The lowest BCUT2D eigenvalue weighted by atomic mass is 10.2. The fourth-order valence-corrected chi connectivity index (χ4v) is 2.80. The van der Waals surface area contributed by atoms with Crippen LogP contribution in [0.25, 0.3) is 6.08 Å². The maximum absolute atomic E-state index is 12.2. The van der Waals surface area contributed by atoms with E-state index in [-0.39, 0.29) is 4.90 Å². The molecule has 2 rings (SSSR count). The molecule has 0 fully saturated rings. The normalized spacial score (nSPS) is 11.0. The zero-order chi connectivity index (χ0) is 13.9. The van der Waals surface area contributed by atoms with Crippen LogP contribution in [0.15, 0.2) is 60.0 Å². The van der Waals surface area contributed by atoms with Crippen LogP contribution in [-0.2, 0) is 10.0 Å². The molecule has 0 radical (unpaired) electrons. The molecule has 3 nitrogen and oxygen atoms in total. The predicted octanol–water partition coefficient (Wildman–Crippen LogP) is 3.44. The summed E-state index contributed by atoms with van der Waals surface area (Å²) >= 11 is 0. The number of sulfonamides is 1. The van der Waals surface area contributed by atoms with Crippen LogP contribution < -0.4 is 4.72 Å². The molecule has 0 heterocycles. The molecule has 0 aliphatic rings. The van der Waals surface area contributed by atoms with Crippen LogP contribution in [0.3, 0.4) is 0 Å². The van der Waals surface area contributed by atoms with Gasteiger partial charge in [0.05, 0.1) is 10.6 Å². The van der Waals surface area contributed by atoms with Crippen LogP contribution in [0.4, 0.5) is 5.69 Å². The van der Waals surface area contributed by atoms with E-state index in [2.05, 4.69) is 11.3 Å². The van der Waals surface area contributed by atoms with Gasteiger partial charge >= 0.3 is 0 Å². The van der Waals surface area contributed by atoms with Crippen molar-refractivity contribution in [1.29, 1.82) is 0 Å².